The monoisotopic (exact) mass is 401 g/mol. The minimum Gasteiger partial charge on any atom is -0.364 e. The quantitative estimate of drug-likeness (QED) is 0.482. The third-order valence-corrected chi connectivity index (χ3v) is 5.19. The maximum absolute atomic E-state index is 13.0. The van der Waals surface area contributed by atoms with Gasteiger partial charge in [-0.1, -0.05) is 6.07 Å². The molecule has 0 bridgehead atoms. The lowest BCUT2D eigenvalue weighted by Gasteiger charge is -2.12. The molecule has 0 unspecified atom stereocenters. The van der Waals surface area contributed by atoms with Crippen molar-refractivity contribution in [3.63, 3.8) is 0 Å². The number of benzene rings is 2. The molecule has 0 aliphatic heterocycles. The summed E-state index contributed by atoms with van der Waals surface area (Å²) in [5.41, 5.74) is 12.6. The molecule has 4 aromatic rings. The first-order valence-electron chi connectivity index (χ1n) is 9.61. The summed E-state index contributed by atoms with van der Waals surface area (Å²) in [6.07, 6.45) is 0. The first kappa shape index (κ1) is 19.4. The normalized spacial score (nSPS) is 11.1. The van der Waals surface area contributed by atoms with Crippen molar-refractivity contribution in [3.05, 3.63) is 76.2 Å². The zero-order valence-corrected chi connectivity index (χ0v) is 17.3. The minimum atomic E-state index is -0.623. The number of nitrogens with one attached hydrogen (secondary N) is 2. The van der Waals surface area contributed by atoms with E-state index >= 15 is 0 Å². The highest BCUT2D eigenvalue weighted by Crippen LogP contribution is 2.25. The zero-order chi connectivity index (χ0) is 21.6. The second-order valence-corrected chi connectivity index (χ2v) is 7.62. The standard InChI is InChI=1S/C23H23N5O2/c1-12-7-13(2)9-17(8-12)28-14(3)10-18(15(28)4)23(30)25-16-5-6-20-19(11-16)21(22(24)29)27-26-20/h5-11H,1-4H3,(H2,24,29)(H,25,30)(H,26,27). The summed E-state index contributed by atoms with van der Waals surface area (Å²) < 4.78 is 2.08. The van der Waals surface area contributed by atoms with Crippen molar-refractivity contribution in [1.29, 1.82) is 0 Å². The Labute approximate surface area is 173 Å². The van der Waals surface area contributed by atoms with Crippen molar-refractivity contribution in [2.24, 2.45) is 5.73 Å². The maximum Gasteiger partial charge on any atom is 0.269 e. The summed E-state index contributed by atoms with van der Waals surface area (Å²) in [4.78, 5) is 24.6. The lowest BCUT2D eigenvalue weighted by atomic mass is 10.1. The van der Waals surface area contributed by atoms with Gasteiger partial charge in [-0.25, -0.2) is 0 Å². The van der Waals surface area contributed by atoms with E-state index in [-0.39, 0.29) is 11.6 Å². The number of carbonyl (C=O) groups excluding carboxylic acids is 2. The van der Waals surface area contributed by atoms with E-state index in [0.29, 0.717) is 22.2 Å². The summed E-state index contributed by atoms with van der Waals surface area (Å²) in [5.74, 6) is -0.844. The van der Waals surface area contributed by atoms with Crippen molar-refractivity contribution < 1.29 is 9.59 Å². The molecule has 0 saturated heterocycles. The van der Waals surface area contributed by atoms with E-state index in [2.05, 4.69) is 52.1 Å². The predicted molar refractivity (Wildman–Crippen MR) is 117 cm³/mol. The summed E-state index contributed by atoms with van der Waals surface area (Å²) in [6.45, 7) is 8.04. The van der Waals surface area contributed by atoms with Gasteiger partial charge in [0.25, 0.3) is 11.8 Å². The van der Waals surface area contributed by atoms with E-state index in [1.54, 1.807) is 18.2 Å². The number of aryl methyl sites for hydroxylation is 3. The van der Waals surface area contributed by atoms with Gasteiger partial charge in [-0.2, -0.15) is 5.10 Å². The van der Waals surface area contributed by atoms with Crippen molar-refractivity contribution in [2.45, 2.75) is 27.7 Å². The number of H-pyrrole nitrogens is 1. The van der Waals surface area contributed by atoms with Gasteiger partial charge in [-0.15, -0.1) is 0 Å². The van der Waals surface area contributed by atoms with E-state index in [9.17, 15) is 9.59 Å². The predicted octanol–water partition coefficient (Wildman–Crippen LogP) is 3.94. The van der Waals surface area contributed by atoms with Crippen molar-refractivity contribution in [3.8, 4) is 5.69 Å². The Hall–Kier alpha value is -3.87. The summed E-state index contributed by atoms with van der Waals surface area (Å²) in [5, 5.41) is 10.2. The summed E-state index contributed by atoms with van der Waals surface area (Å²) in [6, 6.07) is 13.4. The van der Waals surface area contributed by atoms with Crippen LogP contribution in [0.15, 0.2) is 42.5 Å². The maximum atomic E-state index is 13.0. The van der Waals surface area contributed by atoms with Crippen LogP contribution in [0.25, 0.3) is 16.6 Å². The molecule has 0 radical (unpaired) electrons. The Morgan fingerprint density at radius 1 is 1.00 bits per heavy atom. The summed E-state index contributed by atoms with van der Waals surface area (Å²) >= 11 is 0. The van der Waals surface area contributed by atoms with Crippen LogP contribution in [0.3, 0.4) is 0 Å². The average Bonchev–Trinajstić information content (AvgIpc) is 3.21. The highest BCUT2D eigenvalue weighted by Gasteiger charge is 2.18. The zero-order valence-electron chi connectivity index (χ0n) is 17.3. The fourth-order valence-electron chi connectivity index (χ4n) is 3.95. The van der Waals surface area contributed by atoms with Crippen LogP contribution in [-0.2, 0) is 0 Å². The number of amides is 2. The van der Waals surface area contributed by atoms with Gasteiger partial charge in [0, 0.05) is 28.1 Å². The highest BCUT2D eigenvalue weighted by molar-refractivity contribution is 6.08. The van der Waals surface area contributed by atoms with Gasteiger partial charge < -0.3 is 15.6 Å². The van der Waals surface area contributed by atoms with Crippen LogP contribution in [0.5, 0.6) is 0 Å². The van der Waals surface area contributed by atoms with Gasteiger partial charge in [0.05, 0.1) is 11.1 Å². The molecule has 7 heteroatoms. The number of anilines is 1. The minimum absolute atomic E-state index is 0.147. The lowest BCUT2D eigenvalue weighted by molar-refractivity contribution is 0.0995. The fraction of sp³-hybridized carbons (Fsp3) is 0.174. The molecule has 2 aromatic heterocycles. The molecule has 0 saturated carbocycles. The Balaban J connectivity index is 1.68. The lowest BCUT2D eigenvalue weighted by Crippen LogP contribution is -2.14. The van der Waals surface area contributed by atoms with Crippen LogP contribution in [0, 0.1) is 27.7 Å². The van der Waals surface area contributed by atoms with Crippen molar-refractivity contribution in [2.75, 3.05) is 5.32 Å². The summed E-state index contributed by atoms with van der Waals surface area (Å²) in [7, 11) is 0. The third kappa shape index (κ3) is 3.34. The Morgan fingerprint density at radius 3 is 2.37 bits per heavy atom. The van der Waals surface area contributed by atoms with Gasteiger partial charge in [0.1, 0.15) is 0 Å². The van der Waals surface area contributed by atoms with E-state index in [1.165, 1.54) is 11.1 Å². The molecule has 0 fully saturated rings. The fourth-order valence-corrected chi connectivity index (χ4v) is 3.95. The second-order valence-electron chi connectivity index (χ2n) is 7.62. The smallest absolute Gasteiger partial charge is 0.269 e. The van der Waals surface area contributed by atoms with Crippen LogP contribution in [0.1, 0.15) is 43.4 Å². The SMILES string of the molecule is Cc1cc(C)cc(-n2c(C)cc(C(=O)Nc3ccc4[nH]nc(C(N)=O)c4c3)c2C)c1. The first-order valence-corrected chi connectivity index (χ1v) is 9.61. The number of aromatic amines is 1. The molecular weight excluding hydrogens is 378 g/mol. The molecule has 30 heavy (non-hydrogen) atoms. The molecule has 0 atom stereocenters. The molecular formula is C23H23N5O2. The van der Waals surface area contributed by atoms with E-state index in [0.717, 1.165) is 17.1 Å². The van der Waals surface area contributed by atoms with Gasteiger partial charge in [0.2, 0.25) is 0 Å². The first-order chi connectivity index (χ1) is 14.2. The number of rotatable bonds is 4. The van der Waals surface area contributed by atoms with Gasteiger partial charge in [-0.3, -0.25) is 14.7 Å². The Morgan fingerprint density at radius 2 is 1.70 bits per heavy atom. The van der Waals surface area contributed by atoms with Gasteiger partial charge in [0.15, 0.2) is 5.69 Å². The molecule has 2 heterocycles. The third-order valence-electron chi connectivity index (χ3n) is 5.19. The molecule has 4 N–H and O–H groups in total. The topological polar surface area (TPSA) is 106 Å². The van der Waals surface area contributed by atoms with Crippen LogP contribution in [-0.4, -0.2) is 26.6 Å². The molecule has 0 spiro atoms. The van der Waals surface area contributed by atoms with Crippen LogP contribution in [0.2, 0.25) is 0 Å². The molecule has 7 nitrogen and oxygen atoms in total. The number of aromatic nitrogens is 3. The second kappa shape index (κ2) is 7.18. The highest BCUT2D eigenvalue weighted by atomic mass is 16.2. The van der Waals surface area contributed by atoms with Gasteiger partial charge in [-0.05, 0) is 75.2 Å². The number of carbonyl (C=O) groups is 2. The molecule has 0 aliphatic rings. The van der Waals surface area contributed by atoms with Crippen LogP contribution < -0.4 is 11.1 Å². The largest absolute Gasteiger partial charge is 0.364 e. The Kier molecular flexibility index (Phi) is 4.66. The van der Waals surface area contributed by atoms with E-state index in [4.69, 9.17) is 5.73 Å². The number of primary amides is 1. The number of hydrogen-bond acceptors (Lipinski definition) is 3. The van der Waals surface area contributed by atoms with Crippen molar-refractivity contribution in [1.82, 2.24) is 14.8 Å². The molecule has 152 valence electrons. The van der Waals surface area contributed by atoms with Crippen LogP contribution >= 0.6 is 0 Å². The van der Waals surface area contributed by atoms with Crippen LogP contribution in [0.4, 0.5) is 5.69 Å². The number of fused-ring (bicyclic) bond motifs is 1. The Bertz CT molecular complexity index is 1290. The van der Waals surface area contributed by atoms with Gasteiger partial charge >= 0.3 is 0 Å². The van der Waals surface area contributed by atoms with Crippen molar-refractivity contribution >= 4 is 28.4 Å². The molecule has 0 aliphatic carbocycles. The average molecular weight is 401 g/mol. The van der Waals surface area contributed by atoms with E-state index in [1.807, 2.05) is 19.9 Å². The number of hydrogen-bond donors (Lipinski definition) is 3. The molecule has 2 amide bonds. The van der Waals surface area contributed by atoms with E-state index < -0.39 is 5.91 Å². The molecule has 2 aromatic carbocycles. The molecule has 4 rings (SSSR count). The number of nitrogens with zero attached hydrogens (tertiary/aromatic N) is 2. The number of nitrogens with two attached hydrogens (primary N) is 1.